The zero-order valence-electron chi connectivity index (χ0n) is 14.2. The van der Waals surface area contributed by atoms with Gasteiger partial charge in [-0.05, 0) is 32.1 Å². The third kappa shape index (κ3) is 12.7. The maximum Gasteiger partial charge on any atom is 0.241 e. The number of unbranched alkanes of at least 4 members (excludes halogenated alkanes) is 5. The van der Waals surface area contributed by atoms with Crippen LogP contribution in [0.1, 0.15) is 71.1 Å². The van der Waals surface area contributed by atoms with Crippen molar-refractivity contribution in [3.05, 3.63) is 34.4 Å². The molecule has 0 bridgehead atoms. The van der Waals surface area contributed by atoms with Crippen LogP contribution in [0.5, 0.6) is 0 Å². The van der Waals surface area contributed by atoms with E-state index >= 15 is 0 Å². The maximum absolute atomic E-state index is 11.0. The van der Waals surface area contributed by atoms with Crippen molar-refractivity contribution in [2.45, 2.75) is 83.3 Å². The van der Waals surface area contributed by atoms with Crippen molar-refractivity contribution in [3.8, 4) is 0 Å². The fourth-order valence-corrected chi connectivity index (χ4v) is 2.29. The van der Waals surface area contributed by atoms with Gasteiger partial charge < -0.3 is 9.90 Å². The number of aldehydes is 1. The highest BCUT2D eigenvalue weighted by Crippen LogP contribution is 2.12. The lowest BCUT2D eigenvalue weighted by molar-refractivity contribution is -0.533. The largest absolute Gasteiger partial charge is 0.386 e. The first kappa shape index (κ1) is 21.5. The number of carbonyl (C=O) groups excluding carboxylic acids is 1. The van der Waals surface area contributed by atoms with Crippen LogP contribution in [0.2, 0.25) is 0 Å². The topological polar surface area (TPSA) is 80.4 Å². The Hall–Kier alpha value is -1.49. The molecule has 0 fully saturated rings. The second-order valence-electron chi connectivity index (χ2n) is 5.78. The number of aliphatic hydroxyl groups excluding tert-OH is 1. The number of allylic oxidation sites excluding steroid dienone is 3. The summed E-state index contributed by atoms with van der Waals surface area (Å²) in [4.78, 5) is 20.8. The quantitative estimate of drug-likeness (QED) is 0.161. The number of aliphatic hydroxyl groups is 1. The lowest BCUT2D eigenvalue weighted by Crippen LogP contribution is -2.33. The van der Waals surface area contributed by atoms with E-state index < -0.39 is 12.1 Å². The Bertz CT molecular complexity index is 366. The Kier molecular flexibility index (Phi) is 14.4. The molecule has 0 aromatic rings. The standard InChI is InChI=1S/C18H31NO4/c1-2-3-11-15-18(21)17(19(22)23)14-12-9-7-5-4-6-8-10-13-16-20/h4-5,9,12,16-18,21H,2-3,6-8,10-11,13-15H2,1H3/b5-4-,12-9-. The molecule has 23 heavy (non-hydrogen) atoms. The molecule has 0 spiro atoms. The second-order valence-corrected chi connectivity index (χ2v) is 5.78. The molecule has 2 unspecified atom stereocenters. The highest BCUT2D eigenvalue weighted by atomic mass is 16.6. The summed E-state index contributed by atoms with van der Waals surface area (Å²) in [6.45, 7) is 2.07. The van der Waals surface area contributed by atoms with Gasteiger partial charge in [-0.15, -0.1) is 0 Å². The Morgan fingerprint density at radius 1 is 1.04 bits per heavy atom. The summed E-state index contributed by atoms with van der Waals surface area (Å²) in [6.07, 6.45) is 15.7. The molecular formula is C18H31NO4. The Morgan fingerprint density at radius 2 is 1.74 bits per heavy atom. The SMILES string of the molecule is CCCCCC(O)C(C/C=C\C/C=C\CCCCC=O)[N+](=O)[O-]. The van der Waals surface area contributed by atoms with Gasteiger partial charge in [0.2, 0.25) is 6.04 Å². The van der Waals surface area contributed by atoms with Gasteiger partial charge in [0.15, 0.2) is 0 Å². The Morgan fingerprint density at radius 3 is 2.39 bits per heavy atom. The van der Waals surface area contributed by atoms with Crippen LogP contribution in [0.15, 0.2) is 24.3 Å². The van der Waals surface area contributed by atoms with E-state index in [1.54, 1.807) is 6.08 Å². The van der Waals surface area contributed by atoms with Crippen molar-refractivity contribution in [3.63, 3.8) is 0 Å². The summed E-state index contributed by atoms with van der Waals surface area (Å²) in [5, 5.41) is 21.0. The van der Waals surface area contributed by atoms with Gasteiger partial charge in [0, 0.05) is 17.8 Å². The van der Waals surface area contributed by atoms with Gasteiger partial charge in [0.05, 0.1) is 0 Å². The first-order valence-corrected chi connectivity index (χ1v) is 8.68. The van der Waals surface area contributed by atoms with Crippen molar-refractivity contribution >= 4 is 6.29 Å². The monoisotopic (exact) mass is 325 g/mol. The number of hydrogen-bond donors (Lipinski definition) is 1. The van der Waals surface area contributed by atoms with E-state index in [1.807, 2.05) is 12.2 Å². The third-order valence-corrected chi connectivity index (χ3v) is 3.74. The van der Waals surface area contributed by atoms with Gasteiger partial charge in [-0.25, -0.2) is 0 Å². The molecule has 5 heteroatoms. The highest BCUT2D eigenvalue weighted by Gasteiger charge is 2.27. The van der Waals surface area contributed by atoms with Crippen LogP contribution < -0.4 is 0 Å². The molecular weight excluding hydrogens is 294 g/mol. The summed E-state index contributed by atoms with van der Waals surface area (Å²) in [5.74, 6) is 0. The molecule has 0 aromatic carbocycles. The molecule has 132 valence electrons. The molecule has 0 saturated carbocycles. The number of hydrogen-bond acceptors (Lipinski definition) is 4. The van der Waals surface area contributed by atoms with Crippen LogP contribution >= 0.6 is 0 Å². The summed E-state index contributed by atoms with van der Waals surface area (Å²) in [6, 6.07) is -0.907. The van der Waals surface area contributed by atoms with Crippen LogP contribution in [0, 0.1) is 10.1 Å². The molecule has 0 aromatic heterocycles. The van der Waals surface area contributed by atoms with E-state index in [4.69, 9.17) is 0 Å². The number of nitro groups is 1. The minimum atomic E-state index is -0.907. The van der Waals surface area contributed by atoms with E-state index in [9.17, 15) is 20.0 Å². The third-order valence-electron chi connectivity index (χ3n) is 3.74. The van der Waals surface area contributed by atoms with E-state index in [1.165, 1.54) is 0 Å². The number of carbonyl (C=O) groups is 1. The predicted molar refractivity (Wildman–Crippen MR) is 93.0 cm³/mol. The number of nitrogens with zero attached hydrogens (tertiary/aromatic N) is 1. The van der Waals surface area contributed by atoms with E-state index in [0.29, 0.717) is 12.8 Å². The first-order chi connectivity index (χ1) is 11.1. The van der Waals surface area contributed by atoms with E-state index in [2.05, 4.69) is 13.0 Å². The second kappa shape index (κ2) is 15.4. The van der Waals surface area contributed by atoms with Crippen molar-refractivity contribution in [1.82, 2.24) is 0 Å². The Labute approximate surface area is 139 Å². The molecule has 0 rings (SSSR count). The van der Waals surface area contributed by atoms with Gasteiger partial charge in [-0.3, -0.25) is 10.1 Å². The summed E-state index contributed by atoms with van der Waals surface area (Å²) < 4.78 is 0. The summed E-state index contributed by atoms with van der Waals surface area (Å²) >= 11 is 0. The molecule has 0 aliphatic carbocycles. The molecule has 0 heterocycles. The van der Waals surface area contributed by atoms with Gasteiger partial charge in [-0.1, -0.05) is 50.5 Å². The highest BCUT2D eigenvalue weighted by molar-refractivity contribution is 5.48. The minimum absolute atomic E-state index is 0.271. The fraction of sp³-hybridized carbons (Fsp3) is 0.722. The summed E-state index contributed by atoms with van der Waals surface area (Å²) in [5.41, 5.74) is 0. The summed E-state index contributed by atoms with van der Waals surface area (Å²) in [7, 11) is 0. The lowest BCUT2D eigenvalue weighted by Gasteiger charge is -2.14. The van der Waals surface area contributed by atoms with Crippen molar-refractivity contribution in [1.29, 1.82) is 0 Å². The molecule has 5 nitrogen and oxygen atoms in total. The van der Waals surface area contributed by atoms with Crippen LogP contribution in [-0.4, -0.2) is 28.5 Å². The predicted octanol–water partition coefficient (Wildman–Crippen LogP) is 4.22. The van der Waals surface area contributed by atoms with Crippen LogP contribution in [0.25, 0.3) is 0 Å². The van der Waals surface area contributed by atoms with Crippen molar-refractivity contribution in [2.24, 2.45) is 0 Å². The van der Waals surface area contributed by atoms with Crippen LogP contribution in [0.4, 0.5) is 0 Å². The van der Waals surface area contributed by atoms with Crippen LogP contribution in [-0.2, 0) is 4.79 Å². The molecule has 0 amide bonds. The zero-order chi connectivity index (χ0) is 17.3. The zero-order valence-corrected chi connectivity index (χ0v) is 14.2. The molecule has 2 atom stereocenters. The molecule has 0 aliphatic heterocycles. The minimum Gasteiger partial charge on any atom is -0.386 e. The fourth-order valence-electron chi connectivity index (χ4n) is 2.29. The smallest absolute Gasteiger partial charge is 0.241 e. The van der Waals surface area contributed by atoms with Gasteiger partial charge in [0.1, 0.15) is 12.4 Å². The van der Waals surface area contributed by atoms with E-state index in [-0.39, 0.29) is 11.3 Å². The average molecular weight is 325 g/mol. The van der Waals surface area contributed by atoms with Crippen LogP contribution in [0.3, 0.4) is 0 Å². The maximum atomic E-state index is 11.0. The van der Waals surface area contributed by atoms with Gasteiger partial charge >= 0.3 is 0 Å². The van der Waals surface area contributed by atoms with Gasteiger partial charge in [-0.2, -0.15) is 0 Å². The molecule has 0 aliphatic rings. The number of rotatable bonds is 15. The van der Waals surface area contributed by atoms with Crippen molar-refractivity contribution in [2.75, 3.05) is 0 Å². The van der Waals surface area contributed by atoms with Gasteiger partial charge in [0.25, 0.3) is 0 Å². The van der Waals surface area contributed by atoms with Crippen molar-refractivity contribution < 1.29 is 14.8 Å². The lowest BCUT2D eigenvalue weighted by atomic mass is 10.0. The normalized spacial score (nSPS) is 14.3. The first-order valence-electron chi connectivity index (χ1n) is 8.68. The molecule has 0 radical (unpaired) electrons. The van der Waals surface area contributed by atoms with E-state index in [0.717, 1.165) is 51.2 Å². The molecule has 1 N–H and O–H groups in total. The molecule has 0 saturated heterocycles. The Balaban J connectivity index is 3.95. The average Bonchev–Trinajstić information content (AvgIpc) is 2.52.